The molecule has 5 nitrogen and oxygen atoms in total. The molecule has 4 fully saturated rings. The first-order valence-corrected chi connectivity index (χ1v) is 11.0. The van der Waals surface area contributed by atoms with Crippen LogP contribution in [-0.4, -0.2) is 36.4 Å². The Bertz CT molecular complexity index is 627. The van der Waals surface area contributed by atoms with Crippen molar-refractivity contribution in [3.8, 4) is 0 Å². The van der Waals surface area contributed by atoms with E-state index in [0.29, 0.717) is 53.9 Å². The van der Waals surface area contributed by atoms with Crippen LogP contribution in [-0.2, 0) is 9.63 Å². The molecule has 0 aromatic heterocycles. The van der Waals surface area contributed by atoms with Crippen molar-refractivity contribution in [1.29, 1.82) is 0 Å². The molecule has 0 saturated heterocycles. The minimum Gasteiger partial charge on any atom is -0.396 e. The van der Waals surface area contributed by atoms with E-state index >= 15 is 0 Å². The number of oxime groups is 1. The molecule has 4 saturated carbocycles. The number of hydrogen-bond donors (Lipinski definition) is 2. The summed E-state index contributed by atoms with van der Waals surface area (Å²) in [6.45, 7) is 5.92. The second-order valence-corrected chi connectivity index (χ2v) is 10.1. The normalized spacial score (nSPS) is 46.4. The number of hydrogen-bond acceptors (Lipinski definition) is 5. The van der Waals surface area contributed by atoms with Crippen LogP contribution in [0.1, 0.15) is 65.2 Å². The fourth-order valence-electron chi connectivity index (χ4n) is 7.46. The van der Waals surface area contributed by atoms with Gasteiger partial charge in [-0.05, 0) is 80.0 Å². The average Bonchev–Trinajstić information content (AvgIpc) is 2.96. The Balaban J connectivity index is 0.00000225. The SMILES string of the molecule is C[C@]12CCC(=NOCCN)CC1C[C@H](CO)[C@@H]1[C@@H]2CC[C@]2(C)C(=O)CC[C@@H]12.Cl. The Morgan fingerprint density at radius 1 is 1.21 bits per heavy atom. The first kappa shape index (κ1) is 22.0. The fraction of sp³-hybridized carbons (Fsp3) is 0.909. The number of aliphatic hydroxyl groups excluding tert-OH is 1. The molecule has 7 atom stereocenters. The van der Waals surface area contributed by atoms with Gasteiger partial charge in [0.05, 0.1) is 5.71 Å². The van der Waals surface area contributed by atoms with E-state index in [-0.39, 0.29) is 24.4 Å². The van der Waals surface area contributed by atoms with E-state index in [4.69, 9.17) is 10.6 Å². The van der Waals surface area contributed by atoms with Crippen LogP contribution in [0.2, 0.25) is 0 Å². The number of aliphatic hydroxyl groups is 1. The Hall–Kier alpha value is -0.650. The van der Waals surface area contributed by atoms with Gasteiger partial charge in [0.1, 0.15) is 12.4 Å². The van der Waals surface area contributed by atoms with Gasteiger partial charge in [0.25, 0.3) is 0 Å². The lowest BCUT2D eigenvalue weighted by Crippen LogP contribution is -2.57. The fourth-order valence-corrected chi connectivity index (χ4v) is 7.46. The minimum atomic E-state index is -0.130. The zero-order chi connectivity index (χ0) is 19.2. The molecular weight excluding hydrogens is 376 g/mol. The summed E-state index contributed by atoms with van der Waals surface area (Å²) in [4.78, 5) is 18.0. The van der Waals surface area contributed by atoms with Crippen LogP contribution in [0.3, 0.4) is 0 Å². The summed E-state index contributed by atoms with van der Waals surface area (Å²) < 4.78 is 0. The van der Waals surface area contributed by atoms with Crippen LogP contribution in [0.4, 0.5) is 0 Å². The second kappa shape index (κ2) is 8.23. The Morgan fingerprint density at radius 2 is 2.00 bits per heavy atom. The Labute approximate surface area is 175 Å². The number of fused-ring (bicyclic) bond motifs is 5. The van der Waals surface area contributed by atoms with Gasteiger partial charge in [0, 0.05) is 25.0 Å². The van der Waals surface area contributed by atoms with Crippen molar-refractivity contribution in [3.63, 3.8) is 0 Å². The van der Waals surface area contributed by atoms with Crippen LogP contribution in [0.15, 0.2) is 5.16 Å². The summed E-state index contributed by atoms with van der Waals surface area (Å²) in [5.74, 6) is 2.98. The van der Waals surface area contributed by atoms with E-state index in [9.17, 15) is 9.90 Å². The molecule has 4 aliphatic rings. The maximum atomic E-state index is 12.6. The van der Waals surface area contributed by atoms with Gasteiger partial charge < -0.3 is 15.7 Å². The molecule has 6 heteroatoms. The van der Waals surface area contributed by atoms with Gasteiger partial charge in [-0.25, -0.2) is 0 Å². The molecule has 0 aromatic rings. The molecular formula is C22H37ClN2O3. The standard InChI is InChI=1S/C22H36N2O3.ClH/c1-21-7-5-16(24-27-10-9-23)12-15(21)11-14(13-25)20-17-3-4-19(26)22(17,2)8-6-18(20)21;/h14-15,17-18,20,25H,3-13,23H2,1-2H3;1H/t14-,15?,17+,18+,20+,21+,22+;/m1./s1. The molecule has 0 amide bonds. The second-order valence-electron chi connectivity index (χ2n) is 10.1. The number of nitrogens with zero attached hydrogens (tertiary/aromatic N) is 1. The Kier molecular flexibility index (Phi) is 6.48. The largest absolute Gasteiger partial charge is 0.396 e. The summed E-state index contributed by atoms with van der Waals surface area (Å²) in [6.07, 6.45) is 8.17. The van der Waals surface area contributed by atoms with Crippen molar-refractivity contribution in [2.75, 3.05) is 19.8 Å². The first-order chi connectivity index (χ1) is 12.9. The maximum Gasteiger partial charge on any atom is 0.139 e. The molecule has 4 aliphatic carbocycles. The first-order valence-electron chi connectivity index (χ1n) is 11.0. The van der Waals surface area contributed by atoms with Gasteiger partial charge in [-0.15, -0.1) is 12.4 Å². The number of ketones is 1. The molecule has 0 radical (unpaired) electrons. The van der Waals surface area contributed by atoms with Crippen molar-refractivity contribution in [2.24, 2.45) is 51.3 Å². The molecule has 3 N–H and O–H groups in total. The van der Waals surface area contributed by atoms with E-state index in [1.54, 1.807) is 0 Å². The van der Waals surface area contributed by atoms with Gasteiger partial charge in [-0.1, -0.05) is 19.0 Å². The molecule has 4 rings (SSSR count). The molecule has 160 valence electrons. The summed E-state index contributed by atoms with van der Waals surface area (Å²) in [5, 5.41) is 14.6. The zero-order valence-corrected chi connectivity index (χ0v) is 18.2. The molecule has 1 unspecified atom stereocenters. The molecule has 28 heavy (non-hydrogen) atoms. The highest BCUT2D eigenvalue weighted by molar-refractivity contribution is 5.87. The third-order valence-electron chi connectivity index (χ3n) is 9.02. The van der Waals surface area contributed by atoms with Gasteiger partial charge in [-0.3, -0.25) is 4.79 Å². The van der Waals surface area contributed by atoms with Crippen molar-refractivity contribution in [2.45, 2.75) is 65.2 Å². The summed E-state index contributed by atoms with van der Waals surface area (Å²) in [7, 11) is 0. The number of carbonyl (C=O) groups is 1. The molecule has 0 aromatic carbocycles. The number of rotatable bonds is 4. The van der Waals surface area contributed by atoms with E-state index in [1.807, 2.05) is 0 Å². The predicted molar refractivity (Wildman–Crippen MR) is 112 cm³/mol. The molecule has 0 spiro atoms. The van der Waals surface area contributed by atoms with Crippen LogP contribution in [0, 0.1) is 40.4 Å². The molecule has 0 heterocycles. The molecule has 0 bridgehead atoms. The van der Waals surface area contributed by atoms with Crippen LogP contribution in [0.25, 0.3) is 0 Å². The van der Waals surface area contributed by atoms with Crippen molar-refractivity contribution >= 4 is 23.9 Å². The van der Waals surface area contributed by atoms with Gasteiger partial charge in [0.15, 0.2) is 0 Å². The highest BCUT2D eigenvalue weighted by Crippen LogP contribution is 2.66. The lowest BCUT2D eigenvalue weighted by atomic mass is 9.43. The number of carbonyl (C=O) groups excluding carboxylic acids is 1. The van der Waals surface area contributed by atoms with Crippen molar-refractivity contribution < 1.29 is 14.7 Å². The number of nitrogens with two attached hydrogens (primary N) is 1. The summed E-state index contributed by atoms with van der Waals surface area (Å²) in [5.41, 5.74) is 6.83. The van der Waals surface area contributed by atoms with Gasteiger partial charge in [0.2, 0.25) is 0 Å². The number of Topliss-reactive ketones (excluding diaryl/α,β-unsaturated/α-hetero) is 1. The number of halogens is 1. The average molecular weight is 413 g/mol. The van der Waals surface area contributed by atoms with E-state index in [0.717, 1.165) is 57.1 Å². The monoisotopic (exact) mass is 412 g/mol. The van der Waals surface area contributed by atoms with Crippen LogP contribution in [0.5, 0.6) is 0 Å². The zero-order valence-electron chi connectivity index (χ0n) is 17.4. The highest BCUT2D eigenvalue weighted by atomic mass is 35.5. The predicted octanol–water partition coefficient (Wildman–Crippen LogP) is 3.57. The lowest BCUT2D eigenvalue weighted by Gasteiger charge is -2.61. The van der Waals surface area contributed by atoms with E-state index in [1.165, 1.54) is 0 Å². The van der Waals surface area contributed by atoms with E-state index < -0.39 is 0 Å². The minimum absolute atomic E-state index is 0. The van der Waals surface area contributed by atoms with Crippen LogP contribution < -0.4 is 5.73 Å². The van der Waals surface area contributed by atoms with Gasteiger partial charge in [-0.2, -0.15) is 0 Å². The smallest absolute Gasteiger partial charge is 0.139 e. The lowest BCUT2D eigenvalue weighted by molar-refractivity contribution is -0.148. The van der Waals surface area contributed by atoms with Crippen molar-refractivity contribution in [1.82, 2.24) is 0 Å². The van der Waals surface area contributed by atoms with Crippen LogP contribution >= 0.6 is 12.4 Å². The molecule has 0 aliphatic heterocycles. The third kappa shape index (κ3) is 3.31. The topological polar surface area (TPSA) is 84.9 Å². The Morgan fingerprint density at radius 3 is 2.71 bits per heavy atom. The van der Waals surface area contributed by atoms with Gasteiger partial charge >= 0.3 is 0 Å². The summed E-state index contributed by atoms with van der Waals surface area (Å²) in [6, 6.07) is 0. The maximum absolute atomic E-state index is 12.6. The highest BCUT2D eigenvalue weighted by Gasteiger charge is 2.62. The third-order valence-corrected chi connectivity index (χ3v) is 9.02. The summed E-state index contributed by atoms with van der Waals surface area (Å²) >= 11 is 0. The van der Waals surface area contributed by atoms with E-state index in [2.05, 4.69) is 19.0 Å². The quantitative estimate of drug-likeness (QED) is 0.546. The van der Waals surface area contributed by atoms with Crippen molar-refractivity contribution in [3.05, 3.63) is 0 Å².